The molecule has 0 saturated carbocycles. The van der Waals surface area contributed by atoms with Crippen LogP contribution in [0.3, 0.4) is 0 Å². The molecule has 2 rings (SSSR count). The number of carbonyl (C=O) groups excluding carboxylic acids is 2. The van der Waals surface area contributed by atoms with Gasteiger partial charge in [-0.2, -0.15) is 0 Å². The Labute approximate surface area is 139 Å². The molecule has 1 aliphatic heterocycles. The zero-order valence-corrected chi connectivity index (χ0v) is 14.0. The standard InChI is InChI=1S/C17H22F2N2O3/c1-17(2,3)14(22)8-20-16(24)10-4-15(23)21(9-10)13-6-11(18)5-12(19)7-13/h5-7,10,14,22H,4,8-9H2,1-3H3,(H,20,24). The van der Waals surface area contributed by atoms with Gasteiger partial charge >= 0.3 is 0 Å². The summed E-state index contributed by atoms with van der Waals surface area (Å²) in [7, 11) is 0. The van der Waals surface area contributed by atoms with Crippen molar-refractivity contribution in [1.29, 1.82) is 0 Å². The summed E-state index contributed by atoms with van der Waals surface area (Å²) in [5, 5.41) is 12.6. The molecule has 24 heavy (non-hydrogen) atoms. The van der Waals surface area contributed by atoms with Gasteiger partial charge in [-0.05, 0) is 17.5 Å². The highest BCUT2D eigenvalue weighted by Crippen LogP contribution is 2.27. The monoisotopic (exact) mass is 340 g/mol. The largest absolute Gasteiger partial charge is 0.391 e. The Morgan fingerprint density at radius 1 is 1.33 bits per heavy atom. The molecule has 2 atom stereocenters. The van der Waals surface area contributed by atoms with Gasteiger partial charge in [-0.25, -0.2) is 8.78 Å². The van der Waals surface area contributed by atoms with Crippen LogP contribution in [0.15, 0.2) is 18.2 Å². The normalized spacial score (nSPS) is 19.5. The number of benzene rings is 1. The van der Waals surface area contributed by atoms with Crippen molar-refractivity contribution in [2.45, 2.75) is 33.3 Å². The number of aliphatic hydroxyl groups is 1. The van der Waals surface area contributed by atoms with Crippen molar-refractivity contribution in [3.05, 3.63) is 29.8 Å². The number of anilines is 1. The first kappa shape index (κ1) is 18.3. The van der Waals surface area contributed by atoms with Crippen LogP contribution in [0.4, 0.5) is 14.5 Å². The number of hydrogen-bond acceptors (Lipinski definition) is 3. The van der Waals surface area contributed by atoms with Crippen molar-refractivity contribution in [2.24, 2.45) is 11.3 Å². The molecule has 0 bridgehead atoms. The van der Waals surface area contributed by atoms with Gasteiger partial charge in [0.25, 0.3) is 0 Å². The van der Waals surface area contributed by atoms with Crippen LogP contribution in [0.5, 0.6) is 0 Å². The molecule has 1 aliphatic rings. The van der Waals surface area contributed by atoms with E-state index in [0.29, 0.717) is 0 Å². The molecule has 2 unspecified atom stereocenters. The molecule has 2 amide bonds. The summed E-state index contributed by atoms with van der Waals surface area (Å²) in [4.78, 5) is 25.4. The van der Waals surface area contributed by atoms with Crippen molar-refractivity contribution < 1.29 is 23.5 Å². The minimum Gasteiger partial charge on any atom is -0.391 e. The molecule has 132 valence electrons. The maximum Gasteiger partial charge on any atom is 0.227 e. The molecule has 0 radical (unpaired) electrons. The third kappa shape index (κ3) is 4.29. The first-order chi connectivity index (χ1) is 11.1. The summed E-state index contributed by atoms with van der Waals surface area (Å²) in [6.45, 7) is 5.69. The minimum atomic E-state index is -0.779. The van der Waals surface area contributed by atoms with E-state index in [4.69, 9.17) is 0 Å². The molecule has 0 aromatic heterocycles. The Bertz CT molecular complexity index is 623. The SMILES string of the molecule is CC(C)(C)C(O)CNC(=O)C1CC(=O)N(c2cc(F)cc(F)c2)C1. The summed E-state index contributed by atoms with van der Waals surface area (Å²) in [6.07, 6.45) is -0.748. The summed E-state index contributed by atoms with van der Waals surface area (Å²) in [5.74, 6) is -2.89. The van der Waals surface area contributed by atoms with Crippen LogP contribution in [-0.2, 0) is 9.59 Å². The highest BCUT2D eigenvalue weighted by atomic mass is 19.1. The average Bonchev–Trinajstić information content (AvgIpc) is 2.84. The van der Waals surface area contributed by atoms with Crippen LogP contribution in [-0.4, -0.2) is 36.1 Å². The molecular formula is C17H22F2N2O3. The van der Waals surface area contributed by atoms with Gasteiger partial charge in [0, 0.05) is 31.3 Å². The molecule has 0 spiro atoms. The maximum atomic E-state index is 13.3. The fraction of sp³-hybridized carbons (Fsp3) is 0.529. The van der Waals surface area contributed by atoms with E-state index in [2.05, 4.69) is 5.32 Å². The van der Waals surface area contributed by atoms with Crippen molar-refractivity contribution in [3.63, 3.8) is 0 Å². The Morgan fingerprint density at radius 3 is 2.46 bits per heavy atom. The van der Waals surface area contributed by atoms with Gasteiger partial charge in [-0.1, -0.05) is 20.8 Å². The van der Waals surface area contributed by atoms with E-state index >= 15 is 0 Å². The number of halogens is 2. The highest BCUT2D eigenvalue weighted by molar-refractivity contribution is 6.00. The molecule has 1 saturated heterocycles. The van der Waals surface area contributed by atoms with Crippen LogP contribution in [0.25, 0.3) is 0 Å². The number of carbonyl (C=O) groups is 2. The Hall–Kier alpha value is -2.02. The van der Waals surface area contributed by atoms with Crippen LogP contribution < -0.4 is 10.2 Å². The zero-order chi connectivity index (χ0) is 18.1. The molecule has 0 aliphatic carbocycles. The predicted octanol–water partition coefficient (Wildman–Crippen LogP) is 1.84. The number of hydrogen-bond donors (Lipinski definition) is 2. The van der Waals surface area contributed by atoms with Crippen molar-refractivity contribution in [3.8, 4) is 0 Å². The average molecular weight is 340 g/mol. The fourth-order valence-corrected chi connectivity index (χ4v) is 2.48. The van der Waals surface area contributed by atoms with Crippen LogP contribution >= 0.6 is 0 Å². The summed E-state index contributed by atoms with van der Waals surface area (Å²) >= 11 is 0. The van der Waals surface area contributed by atoms with E-state index in [9.17, 15) is 23.5 Å². The molecule has 7 heteroatoms. The van der Waals surface area contributed by atoms with Crippen LogP contribution in [0.2, 0.25) is 0 Å². The second-order valence-corrected chi connectivity index (χ2v) is 7.16. The quantitative estimate of drug-likeness (QED) is 0.879. The van der Waals surface area contributed by atoms with Gasteiger partial charge in [0.15, 0.2) is 0 Å². The van der Waals surface area contributed by atoms with Crippen LogP contribution in [0.1, 0.15) is 27.2 Å². The number of nitrogens with one attached hydrogen (secondary N) is 1. The molecule has 1 fully saturated rings. The number of aliphatic hydroxyl groups excluding tert-OH is 1. The van der Waals surface area contributed by atoms with Gasteiger partial charge in [0.1, 0.15) is 11.6 Å². The van der Waals surface area contributed by atoms with Gasteiger partial charge in [-0.3, -0.25) is 9.59 Å². The van der Waals surface area contributed by atoms with E-state index in [0.717, 1.165) is 18.2 Å². The lowest BCUT2D eigenvalue weighted by molar-refractivity contribution is -0.127. The third-order valence-corrected chi connectivity index (χ3v) is 4.12. The van der Waals surface area contributed by atoms with Gasteiger partial charge < -0.3 is 15.3 Å². The Kier molecular flexibility index (Phi) is 5.22. The van der Waals surface area contributed by atoms with E-state index in [1.807, 2.05) is 20.8 Å². The van der Waals surface area contributed by atoms with Crippen molar-refractivity contribution >= 4 is 17.5 Å². The van der Waals surface area contributed by atoms with E-state index in [1.54, 1.807) is 0 Å². The van der Waals surface area contributed by atoms with Crippen LogP contribution in [0, 0.1) is 23.0 Å². The minimum absolute atomic E-state index is 0.0322. The maximum absolute atomic E-state index is 13.3. The summed E-state index contributed by atoms with van der Waals surface area (Å²) in [5.41, 5.74) is -0.272. The van der Waals surface area contributed by atoms with E-state index in [-0.39, 0.29) is 42.4 Å². The molecular weight excluding hydrogens is 318 g/mol. The molecule has 2 N–H and O–H groups in total. The number of nitrogens with zero attached hydrogens (tertiary/aromatic N) is 1. The fourth-order valence-electron chi connectivity index (χ4n) is 2.48. The van der Waals surface area contributed by atoms with Gasteiger partial charge in [0.2, 0.25) is 11.8 Å². The number of rotatable bonds is 4. The second-order valence-electron chi connectivity index (χ2n) is 7.16. The predicted molar refractivity (Wildman–Crippen MR) is 85.3 cm³/mol. The molecule has 1 heterocycles. The Balaban J connectivity index is 2.00. The lowest BCUT2D eigenvalue weighted by Gasteiger charge is -2.26. The number of amides is 2. The smallest absolute Gasteiger partial charge is 0.227 e. The summed E-state index contributed by atoms with van der Waals surface area (Å²) < 4.78 is 26.6. The third-order valence-electron chi connectivity index (χ3n) is 4.12. The lowest BCUT2D eigenvalue weighted by Crippen LogP contribution is -2.42. The van der Waals surface area contributed by atoms with E-state index in [1.165, 1.54) is 4.90 Å². The van der Waals surface area contributed by atoms with Gasteiger partial charge in [0.05, 0.1) is 12.0 Å². The first-order valence-electron chi connectivity index (χ1n) is 7.80. The highest BCUT2D eigenvalue weighted by Gasteiger charge is 2.36. The van der Waals surface area contributed by atoms with Crippen molar-refractivity contribution in [2.75, 3.05) is 18.0 Å². The Morgan fingerprint density at radius 2 is 1.92 bits per heavy atom. The zero-order valence-electron chi connectivity index (χ0n) is 14.0. The molecule has 1 aromatic carbocycles. The first-order valence-corrected chi connectivity index (χ1v) is 7.80. The molecule has 5 nitrogen and oxygen atoms in total. The summed E-state index contributed by atoms with van der Waals surface area (Å²) in [6, 6.07) is 2.84. The second kappa shape index (κ2) is 6.84. The topological polar surface area (TPSA) is 69.6 Å². The van der Waals surface area contributed by atoms with Crippen molar-refractivity contribution in [1.82, 2.24) is 5.32 Å². The molecule has 1 aromatic rings. The van der Waals surface area contributed by atoms with Gasteiger partial charge in [-0.15, -0.1) is 0 Å². The lowest BCUT2D eigenvalue weighted by atomic mass is 9.89. The van der Waals surface area contributed by atoms with E-state index < -0.39 is 23.7 Å².